The first-order valence-electron chi connectivity index (χ1n) is 5.95. The average Bonchev–Trinajstić information content (AvgIpc) is 2.41. The molecule has 0 spiro atoms. The predicted octanol–water partition coefficient (Wildman–Crippen LogP) is 3.63. The van der Waals surface area contributed by atoms with Crippen LogP contribution in [-0.4, -0.2) is 16.0 Å². The summed E-state index contributed by atoms with van der Waals surface area (Å²) in [5.74, 6) is 0.0353. The summed E-state index contributed by atoms with van der Waals surface area (Å²) in [6, 6.07) is 10.2. The second kappa shape index (κ2) is 5.69. The fraction of sp³-hybridized carbons (Fsp3) is 0.267. The normalized spacial score (nSPS) is 26.0. The zero-order valence-electron chi connectivity index (χ0n) is 10.2. The second-order valence-corrected chi connectivity index (χ2v) is 5.93. The Labute approximate surface area is 121 Å². The Bertz CT molecular complexity index is 463. The maximum absolute atomic E-state index is 11.8. The summed E-state index contributed by atoms with van der Waals surface area (Å²) in [5.41, 5.74) is 1.23. The molecule has 1 aromatic carbocycles. The minimum atomic E-state index is -0.654. The van der Waals surface area contributed by atoms with Gasteiger partial charge in [-0.2, -0.15) is 0 Å². The van der Waals surface area contributed by atoms with Crippen LogP contribution in [-0.2, 0) is 9.53 Å². The Morgan fingerprint density at radius 2 is 1.89 bits per heavy atom. The third-order valence-electron chi connectivity index (χ3n) is 2.86. The molecule has 3 heteroatoms. The van der Waals surface area contributed by atoms with Crippen molar-refractivity contribution in [3.8, 4) is 0 Å². The third kappa shape index (κ3) is 2.83. The zero-order valence-corrected chi connectivity index (χ0v) is 12.3. The Kier molecular flexibility index (Phi) is 4.22. The molecule has 0 bridgehead atoms. The van der Waals surface area contributed by atoms with Gasteiger partial charge in [0.1, 0.15) is 0 Å². The average molecular weight is 354 g/mol. The molecule has 0 amide bonds. The van der Waals surface area contributed by atoms with Crippen LogP contribution < -0.4 is 0 Å². The summed E-state index contributed by atoms with van der Waals surface area (Å²) < 4.78 is 4.42. The Morgan fingerprint density at radius 1 is 1.28 bits per heavy atom. The lowest BCUT2D eigenvalue weighted by Crippen LogP contribution is -2.31. The fourth-order valence-corrected chi connectivity index (χ4v) is 2.45. The summed E-state index contributed by atoms with van der Waals surface area (Å²) >= 11 is 2.12. The lowest BCUT2D eigenvalue weighted by atomic mass is 9.91. The van der Waals surface area contributed by atoms with Gasteiger partial charge in [-0.1, -0.05) is 77.2 Å². The van der Waals surface area contributed by atoms with Gasteiger partial charge in [0.25, 0.3) is 0 Å². The molecule has 0 fully saturated rings. The van der Waals surface area contributed by atoms with E-state index in [9.17, 15) is 4.79 Å². The lowest BCUT2D eigenvalue weighted by molar-refractivity contribution is -0.142. The first-order chi connectivity index (χ1) is 8.65. The van der Waals surface area contributed by atoms with Crippen molar-refractivity contribution >= 4 is 28.6 Å². The van der Waals surface area contributed by atoms with Gasteiger partial charge in [-0.15, -0.1) is 0 Å². The summed E-state index contributed by atoms with van der Waals surface area (Å²) in [7, 11) is 0. The van der Waals surface area contributed by atoms with Gasteiger partial charge in [-0.3, -0.25) is 0 Å². The molecular weight excluding hydrogens is 339 g/mol. The van der Waals surface area contributed by atoms with Crippen LogP contribution in [0.5, 0.6) is 0 Å². The molecule has 0 aliphatic heterocycles. The van der Waals surface area contributed by atoms with Gasteiger partial charge in [-0.05, 0) is 12.5 Å². The van der Waals surface area contributed by atoms with Gasteiger partial charge < -0.3 is 4.74 Å². The van der Waals surface area contributed by atoms with Crippen molar-refractivity contribution in [1.29, 1.82) is 0 Å². The molecule has 18 heavy (non-hydrogen) atoms. The van der Waals surface area contributed by atoms with E-state index in [-0.39, 0.29) is 11.9 Å². The molecule has 1 aliphatic carbocycles. The number of carbonyl (C=O) groups excluding carboxylic acids is 1. The van der Waals surface area contributed by atoms with Crippen LogP contribution in [0.3, 0.4) is 0 Å². The van der Waals surface area contributed by atoms with Crippen molar-refractivity contribution in [3.05, 3.63) is 60.2 Å². The van der Waals surface area contributed by atoms with Crippen LogP contribution in [0.2, 0.25) is 0 Å². The van der Waals surface area contributed by atoms with Gasteiger partial charge >= 0.3 is 5.97 Å². The highest BCUT2D eigenvalue weighted by molar-refractivity contribution is 14.1. The minimum Gasteiger partial charge on any atom is -0.465 e. The number of benzene rings is 1. The first kappa shape index (κ1) is 13.3. The van der Waals surface area contributed by atoms with E-state index in [4.69, 9.17) is 4.74 Å². The van der Waals surface area contributed by atoms with Gasteiger partial charge in [0, 0.05) is 5.92 Å². The van der Waals surface area contributed by atoms with Crippen molar-refractivity contribution in [3.63, 3.8) is 0 Å². The maximum Gasteiger partial charge on any atom is 0.329 e. The summed E-state index contributed by atoms with van der Waals surface area (Å²) in [4.78, 5) is 11.8. The van der Waals surface area contributed by atoms with Gasteiger partial charge in [0.15, 0.2) is 3.42 Å². The fourth-order valence-electron chi connectivity index (χ4n) is 1.88. The molecule has 2 nitrogen and oxygen atoms in total. The van der Waals surface area contributed by atoms with Crippen molar-refractivity contribution in [2.45, 2.75) is 16.3 Å². The molecule has 1 aromatic rings. The third-order valence-corrected chi connectivity index (χ3v) is 4.02. The second-order valence-electron chi connectivity index (χ2n) is 4.14. The van der Waals surface area contributed by atoms with Crippen LogP contribution >= 0.6 is 22.6 Å². The Balaban J connectivity index is 2.14. The molecule has 0 N–H and O–H groups in total. The molecular formula is C15H15IO2. The largest absolute Gasteiger partial charge is 0.465 e. The number of alkyl halides is 1. The molecule has 0 atom stereocenters. The predicted molar refractivity (Wildman–Crippen MR) is 80.8 cm³/mol. The smallest absolute Gasteiger partial charge is 0.329 e. The molecule has 0 aromatic heterocycles. The van der Waals surface area contributed by atoms with Crippen LogP contribution in [0, 0.1) is 0 Å². The Morgan fingerprint density at radius 3 is 2.44 bits per heavy atom. The minimum absolute atomic E-state index is 0.204. The standard InChI is InChI=1S/C15H15IO2/c1-2-18-14(17)15(16)10-8-13(9-11-15)12-6-4-3-5-7-12/h3-11,13H,2H2,1H3. The SMILES string of the molecule is CCOC(=O)C1(I)C=CC(c2ccccc2)C=C1. The topological polar surface area (TPSA) is 26.3 Å². The number of allylic oxidation sites excluding steroid dienone is 2. The molecule has 2 rings (SSSR count). The molecule has 0 heterocycles. The number of esters is 1. The molecule has 0 radical (unpaired) electrons. The number of hydrogen-bond donors (Lipinski definition) is 0. The van der Waals surface area contributed by atoms with Crippen molar-refractivity contribution < 1.29 is 9.53 Å². The van der Waals surface area contributed by atoms with E-state index in [1.807, 2.05) is 37.3 Å². The lowest BCUT2D eigenvalue weighted by Gasteiger charge is -2.23. The molecule has 0 saturated carbocycles. The van der Waals surface area contributed by atoms with Crippen LogP contribution in [0.4, 0.5) is 0 Å². The van der Waals surface area contributed by atoms with Crippen molar-refractivity contribution in [1.82, 2.24) is 0 Å². The van der Waals surface area contributed by atoms with Gasteiger partial charge in [-0.25, -0.2) is 4.79 Å². The highest BCUT2D eigenvalue weighted by atomic mass is 127. The molecule has 1 aliphatic rings. The highest BCUT2D eigenvalue weighted by Gasteiger charge is 2.33. The maximum atomic E-state index is 11.8. The number of rotatable bonds is 3. The van der Waals surface area contributed by atoms with Crippen LogP contribution in [0.1, 0.15) is 18.4 Å². The van der Waals surface area contributed by atoms with E-state index in [2.05, 4.69) is 46.9 Å². The van der Waals surface area contributed by atoms with Crippen LogP contribution in [0.15, 0.2) is 54.6 Å². The van der Waals surface area contributed by atoms with E-state index in [1.54, 1.807) is 0 Å². The molecule has 94 valence electrons. The molecule has 0 saturated heterocycles. The van der Waals surface area contributed by atoms with E-state index in [0.717, 1.165) is 0 Å². The first-order valence-corrected chi connectivity index (χ1v) is 7.03. The Hall–Kier alpha value is -1.10. The molecule has 0 unspecified atom stereocenters. The van der Waals surface area contributed by atoms with Crippen molar-refractivity contribution in [2.24, 2.45) is 0 Å². The quantitative estimate of drug-likeness (QED) is 0.359. The summed E-state index contributed by atoms with van der Waals surface area (Å²) in [5, 5.41) is 0. The van der Waals surface area contributed by atoms with Gasteiger partial charge in [0.2, 0.25) is 0 Å². The number of hydrogen-bond acceptors (Lipinski definition) is 2. The van der Waals surface area contributed by atoms with E-state index in [1.165, 1.54) is 5.56 Å². The van der Waals surface area contributed by atoms with Crippen molar-refractivity contribution in [2.75, 3.05) is 6.61 Å². The van der Waals surface area contributed by atoms with E-state index in [0.29, 0.717) is 6.61 Å². The number of carbonyl (C=O) groups is 1. The monoisotopic (exact) mass is 354 g/mol. The van der Waals surface area contributed by atoms with E-state index >= 15 is 0 Å². The summed E-state index contributed by atoms with van der Waals surface area (Å²) in [6.45, 7) is 2.23. The van der Waals surface area contributed by atoms with Crippen LogP contribution in [0.25, 0.3) is 0 Å². The number of ether oxygens (including phenoxy) is 1. The highest BCUT2D eigenvalue weighted by Crippen LogP contribution is 2.33. The van der Waals surface area contributed by atoms with E-state index < -0.39 is 3.42 Å². The summed E-state index contributed by atoms with van der Waals surface area (Å²) in [6.07, 6.45) is 7.95. The zero-order chi connectivity index (χ0) is 13.0. The van der Waals surface area contributed by atoms with Gasteiger partial charge in [0.05, 0.1) is 6.61 Å². The number of halogens is 1.